The predicted octanol–water partition coefficient (Wildman–Crippen LogP) is 1.35. The molecule has 0 spiro atoms. The molecule has 102 valence electrons. The van der Waals surface area contributed by atoms with Gasteiger partial charge in [-0.15, -0.1) is 0 Å². The largest absolute Gasteiger partial charge is 0.477 e. The zero-order valence-electron chi connectivity index (χ0n) is 10.3. The maximum atomic E-state index is 11.4. The van der Waals surface area contributed by atoms with Gasteiger partial charge >= 0.3 is 11.7 Å². The number of non-ortho nitro benzene ring substituents is 1. The van der Waals surface area contributed by atoms with Gasteiger partial charge in [0.1, 0.15) is 5.69 Å². The summed E-state index contributed by atoms with van der Waals surface area (Å²) in [6.07, 6.45) is 0. The van der Waals surface area contributed by atoms with Gasteiger partial charge < -0.3 is 5.11 Å². The van der Waals surface area contributed by atoms with E-state index in [-0.39, 0.29) is 22.6 Å². The fraction of sp³-hybridized carbons (Fsp3) is 0.0833. The first-order valence-corrected chi connectivity index (χ1v) is 5.49. The number of nitro benzene ring substituents is 1. The molecule has 0 atom stereocenters. The van der Waals surface area contributed by atoms with E-state index in [0.717, 1.165) is 0 Å². The normalized spacial score (nSPS) is 10.2. The van der Waals surface area contributed by atoms with E-state index in [9.17, 15) is 19.7 Å². The predicted molar refractivity (Wildman–Crippen MR) is 68.6 cm³/mol. The number of nitrogens with one attached hydrogen (secondary N) is 1. The Kier molecular flexibility index (Phi) is 3.30. The van der Waals surface area contributed by atoms with E-state index in [4.69, 9.17) is 5.11 Å². The van der Waals surface area contributed by atoms with Crippen molar-refractivity contribution in [2.24, 2.45) is 0 Å². The minimum Gasteiger partial charge on any atom is -0.477 e. The Morgan fingerprint density at radius 3 is 2.75 bits per heavy atom. The summed E-state index contributed by atoms with van der Waals surface area (Å²) in [5.41, 5.74) is -0.625. The SMILES string of the molecule is Cc1c(-c2cccc([N+](=O)[O-])c2)nc(=O)[nH]c1C(=O)O. The van der Waals surface area contributed by atoms with Crippen LogP contribution in [0.15, 0.2) is 29.1 Å². The van der Waals surface area contributed by atoms with Gasteiger partial charge in [-0.2, -0.15) is 4.98 Å². The summed E-state index contributed by atoms with van der Waals surface area (Å²) in [5, 5.41) is 19.7. The molecule has 0 aliphatic rings. The summed E-state index contributed by atoms with van der Waals surface area (Å²) in [6, 6.07) is 5.49. The van der Waals surface area contributed by atoms with Crippen molar-refractivity contribution in [1.82, 2.24) is 9.97 Å². The third kappa shape index (κ3) is 2.39. The van der Waals surface area contributed by atoms with Gasteiger partial charge in [-0.25, -0.2) is 9.59 Å². The number of hydrogen-bond donors (Lipinski definition) is 2. The van der Waals surface area contributed by atoms with Crippen LogP contribution in [-0.4, -0.2) is 26.0 Å². The smallest absolute Gasteiger partial charge is 0.352 e. The van der Waals surface area contributed by atoms with Crippen molar-refractivity contribution in [2.45, 2.75) is 6.92 Å². The molecule has 2 rings (SSSR count). The molecule has 20 heavy (non-hydrogen) atoms. The van der Waals surface area contributed by atoms with Crippen LogP contribution >= 0.6 is 0 Å². The number of hydrogen-bond acceptors (Lipinski definition) is 5. The van der Waals surface area contributed by atoms with Gasteiger partial charge in [0, 0.05) is 23.3 Å². The first-order chi connectivity index (χ1) is 9.40. The van der Waals surface area contributed by atoms with E-state index in [1.165, 1.54) is 31.2 Å². The van der Waals surface area contributed by atoms with E-state index in [1.54, 1.807) is 0 Å². The number of aromatic carboxylic acids is 1. The maximum absolute atomic E-state index is 11.4. The molecule has 0 amide bonds. The van der Waals surface area contributed by atoms with Crippen molar-refractivity contribution in [2.75, 3.05) is 0 Å². The Labute approximate surface area is 111 Å². The van der Waals surface area contributed by atoms with Gasteiger partial charge in [-0.05, 0) is 6.92 Å². The highest BCUT2D eigenvalue weighted by molar-refractivity contribution is 5.89. The molecule has 0 unspecified atom stereocenters. The molecule has 8 nitrogen and oxygen atoms in total. The van der Waals surface area contributed by atoms with Crippen molar-refractivity contribution >= 4 is 11.7 Å². The zero-order valence-corrected chi connectivity index (χ0v) is 10.3. The van der Waals surface area contributed by atoms with Crippen molar-refractivity contribution in [3.8, 4) is 11.3 Å². The fourth-order valence-corrected chi connectivity index (χ4v) is 1.79. The molecule has 8 heteroatoms. The van der Waals surface area contributed by atoms with Crippen LogP contribution in [-0.2, 0) is 0 Å². The molecule has 0 aliphatic carbocycles. The number of rotatable bonds is 3. The van der Waals surface area contributed by atoms with Crippen LogP contribution in [0.2, 0.25) is 0 Å². The molecular weight excluding hydrogens is 266 g/mol. The highest BCUT2D eigenvalue weighted by atomic mass is 16.6. The number of carboxylic acids is 1. The third-order valence-corrected chi connectivity index (χ3v) is 2.72. The summed E-state index contributed by atoms with van der Waals surface area (Å²) in [4.78, 5) is 38.4. The Bertz CT molecular complexity index is 766. The van der Waals surface area contributed by atoms with Crippen LogP contribution in [0, 0.1) is 17.0 Å². The number of nitrogens with zero attached hydrogens (tertiary/aromatic N) is 2. The van der Waals surface area contributed by atoms with E-state index < -0.39 is 16.6 Å². The van der Waals surface area contributed by atoms with Gasteiger partial charge in [0.15, 0.2) is 0 Å². The quantitative estimate of drug-likeness (QED) is 0.643. The van der Waals surface area contributed by atoms with Crippen LogP contribution in [0.25, 0.3) is 11.3 Å². The minimum absolute atomic E-state index is 0.106. The second-order valence-electron chi connectivity index (χ2n) is 4.00. The van der Waals surface area contributed by atoms with Gasteiger partial charge in [-0.1, -0.05) is 12.1 Å². The molecule has 2 N–H and O–H groups in total. The van der Waals surface area contributed by atoms with Crippen molar-refractivity contribution in [3.63, 3.8) is 0 Å². The molecule has 0 saturated heterocycles. The van der Waals surface area contributed by atoms with Gasteiger partial charge in [0.25, 0.3) is 5.69 Å². The van der Waals surface area contributed by atoms with Crippen molar-refractivity contribution in [3.05, 3.63) is 56.1 Å². The average molecular weight is 275 g/mol. The molecule has 0 aliphatic heterocycles. The first kappa shape index (κ1) is 13.4. The molecule has 0 saturated carbocycles. The lowest BCUT2D eigenvalue weighted by Crippen LogP contribution is -2.19. The molecule has 1 heterocycles. The summed E-state index contributed by atoms with van der Waals surface area (Å²) < 4.78 is 0. The van der Waals surface area contributed by atoms with Crippen molar-refractivity contribution < 1.29 is 14.8 Å². The second kappa shape index (κ2) is 4.92. The van der Waals surface area contributed by atoms with E-state index in [1.807, 2.05) is 0 Å². The molecule has 1 aromatic heterocycles. The van der Waals surface area contributed by atoms with Crippen molar-refractivity contribution in [1.29, 1.82) is 0 Å². The van der Waals surface area contributed by atoms with E-state index in [2.05, 4.69) is 9.97 Å². The van der Waals surface area contributed by atoms with Crippen LogP contribution in [0.5, 0.6) is 0 Å². The Balaban J connectivity index is 2.70. The average Bonchev–Trinajstić information content (AvgIpc) is 2.40. The van der Waals surface area contributed by atoms with Crippen LogP contribution in [0.4, 0.5) is 5.69 Å². The van der Waals surface area contributed by atoms with Crippen LogP contribution in [0.3, 0.4) is 0 Å². The number of aromatic amines is 1. The molecule has 0 fully saturated rings. The summed E-state index contributed by atoms with van der Waals surface area (Å²) in [5.74, 6) is -1.30. The van der Waals surface area contributed by atoms with Gasteiger partial charge in [-0.3, -0.25) is 15.1 Å². The lowest BCUT2D eigenvalue weighted by Gasteiger charge is -2.07. The third-order valence-electron chi connectivity index (χ3n) is 2.72. The molecule has 0 radical (unpaired) electrons. The molecule has 0 bridgehead atoms. The number of carboxylic acid groups (broad SMARTS) is 1. The van der Waals surface area contributed by atoms with Gasteiger partial charge in [0.05, 0.1) is 10.6 Å². The Hall–Kier alpha value is -3.03. The van der Waals surface area contributed by atoms with Crippen LogP contribution < -0.4 is 5.69 Å². The highest BCUT2D eigenvalue weighted by Gasteiger charge is 2.16. The van der Waals surface area contributed by atoms with Crippen LogP contribution in [0.1, 0.15) is 16.1 Å². The molecular formula is C12H9N3O5. The summed E-state index contributed by atoms with van der Waals surface area (Å²) in [7, 11) is 0. The maximum Gasteiger partial charge on any atom is 0.352 e. The minimum atomic E-state index is -1.30. The molecule has 1 aromatic carbocycles. The summed E-state index contributed by atoms with van der Waals surface area (Å²) in [6.45, 7) is 1.47. The lowest BCUT2D eigenvalue weighted by atomic mass is 10.0. The topological polar surface area (TPSA) is 126 Å². The van der Waals surface area contributed by atoms with E-state index in [0.29, 0.717) is 5.56 Å². The number of benzene rings is 1. The number of H-pyrrole nitrogens is 1. The summed E-state index contributed by atoms with van der Waals surface area (Å²) >= 11 is 0. The lowest BCUT2D eigenvalue weighted by molar-refractivity contribution is -0.384. The number of nitro groups is 1. The Morgan fingerprint density at radius 1 is 1.45 bits per heavy atom. The van der Waals surface area contributed by atoms with E-state index >= 15 is 0 Å². The standard InChI is InChI=1S/C12H9N3O5/c1-6-9(13-12(18)14-10(6)11(16)17)7-3-2-4-8(5-7)15(19)20/h2-5H,1H3,(H,16,17)(H,13,14,18). The van der Waals surface area contributed by atoms with Gasteiger partial charge in [0.2, 0.25) is 0 Å². The number of carbonyl (C=O) groups is 1. The fourth-order valence-electron chi connectivity index (χ4n) is 1.79. The monoisotopic (exact) mass is 275 g/mol. The Morgan fingerprint density at radius 2 is 2.15 bits per heavy atom. The first-order valence-electron chi connectivity index (χ1n) is 5.49. The highest BCUT2D eigenvalue weighted by Crippen LogP contribution is 2.24. The second-order valence-corrected chi connectivity index (χ2v) is 4.00. The molecule has 2 aromatic rings. The number of aromatic nitrogens is 2. The zero-order chi connectivity index (χ0) is 14.9.